The topological polar surface area (TPSA) is 105 Å². The number of fused-ring (bicyclic) bond motifs is 3. The molecular weight excluding hydrogens is 420 g/mol. The van der Waals surface area contributed by atoms with Crippen LogP contribution in [0.25, 0.3) is 11.1 Å². The molecule has 7 heteroatoms. The molecule has 0 heterocycles. The number of benzene rings is 2. The minimum Gasteiger partial charge on any atom is -0.481 e. The van der Waals surface area contributed by atoms with Gasteiger partial charge in [0, 0.05) is 24.4 Å². The van der Waals surface area contributed by atoms with Gasteiger partial charge in [-0.05, 0) is 41.5 Å². The Hall–Kier alpha value is -3.35. The predicted molar refractivity (Wildman–Crippen MR) is 124 cm³/mol. The highest BCUT2D eigenvalue weighted by atomic mass is 16.5. The molecule has 7 nitrogen and oxygen atoms in total. The molecule has 0 radical (unpaired) electrons. The van der Waals surface area contributed by atoms with Crippen LogP contribution in [0.2, 0.25) is 0 Å². The molecule has 1 unspecified atom stereocenters. The second kappa shape index (κ2) is 10.1. The van der Waals surface area contributed by atoms with Gasteiger partial charge >= 0.3 is 12.1 Å². The normalized spacial score (nSPS) is 20.3. The van der Waals surface area contributed by atoms with Crippen LogP contribution >= 0.6 is 0 Å². The van der Waals surface area contributed by atoms with Crippen molar-refractivity contribution in [2.75, 3.05) is 13.2 Å². The second-order valence-electron chi connectivity index (χ2n) is 9.01. The zero-order valence-electron chi connectivity index (χ0n) is 18.8. The molecule has 3 atom stereocenters. The van der Waals surface area contributed by atoms with E-state index in [0.717, 1.165) is 30.4 Å². The number of nitrogens with one attached hydrogen (secondary N) is 2. The van der Waals surface area contributed by atoms with Crippen LogP contribution in [0.3, 0.4) is 0 Å². The van der Waals surface area contributed by atoms with E-state index < -0.39 is 18.0 Å². The number of carbonyl (C=O) groups excluding carboxylic acids is 2. The quantitative estimate of drug-likeness (QED) is 0.593. The van der Waals surface area contributed by atoms with Gasteiger partial charge in [0.05, 0.1) is 5.92 Å². The molecular formula is C26H30N2O5. The number of alkyl carbamates (subject to hydrolysis) is 1. The van der Waals surface area contributed by atoms with E-state index in [-0.39, 0.29) is 36.9 Å². The summed E-state index contributed by atoms with van der Waals surface area (Å²) in [6.45, 7) is 1.92. The Labute approximate surface area is 193 Å². The van der Waals surface area contributed by atoms with E-state index in [0.29, 0.717) is 6.42 Å². The van der Waals surface area contributed by atoms with Crippen molar-refractivity contribution in [1.82, 2.24) is 10.6 Å². The average molecular weight is 451 g/mol. The van der Waals surface area contributed by atoms with Gasteiger partial charge in [-0.1, -0.05) is 61.9 Å². The first kappa shape index (κ1) is 22.8. The lowest BCUT2D eigenvalue weighted by atomic mass is 9.85. The van der Waals surface area contributed by atoms with Crippen molar-refractivity contribution in [3.05, 3.63) is 59.7 Å². The molecule has 2 aliphatic carbocycles. The number of amides is 2. The number of carbonyl (C=O) groups is 3. The Morgan fingerprint density at radius 1 is 1.03 bits per heavy atom. The van der Waals surface area contributed by atoms with Gasteiger partial charge in [0.15, 0.2) is 0 Å². The van der Waals surface area contributed by atoms with Crippen LogP contribution in [0.4, 0.5) is 4.79 Å². The van der Waals surface area contributed by atoms with Gasteiger partial charge in [-0.3, -0.25) is 9.59 Å². The van der Waals surface area contributed by atoms with Gasteiger partial charge in [0.2, 0.25) is 5.91 Å². The molecule has 3 N–H and O–H groups in total. The summed E-state index contributed by atoms with van der Waals surface area (Å²) in [6.07, 6.45) is 2.40. The van der Waals surface area contributed by atoms with Crippen LogP contribution in [0, 0.1) is 11.8 Å². The summed E-state index contributed by atoms with van der Waals surface area (Å²) in [6, 6.07) is 16.3. The fraction of sp³-hybridized carbons (Fsp3) is 0.423. The van der Waals surface area contributed by atoms with Gasteiger partial charge in [0.1, 0.15) is 6.61 Å². The first-order chi connectivity index (χ1) is 15.9. The first-order valence-electron chi connectivity index (χ1n) is 11.6. The Balaban J connectivity index is 1.30. The molecule has 0 aliphatic heterocycles. The SMILES string of the molecule is CC(CNC(=O)[C@@H]1CCC[C@H](NC(=O)OCC2c3ccccc3-c3ccccc32)C1)C(=O)O. The number of rotatable bonds is 7. The zero-order valence-corrected chi connectivity index (χ0v) is 18.8. The molecule has 2 aromatic carbocycles. The number of carboxylic acid groups (broad SMARTS) is 1. The average Bonchev–Trinajstić information content (AvgIpc) is 3.15. The molecule has 174 valence electrons. The number of carboxylic acids is 1. The smallest absolute Gasteiger partial charge is 0.407 e. The molecule has 4 rings (SSSR count). The summed E-state index contributed by atoms with van der Waals surface area (Å²) < 4.78 is 5.63. The summed E-state index contributed by atoms with van der Waals surface area (Å²) in [5.41, 5.74) is 4.69. The fourth-order valence-corrected chi connectivity index (χ4v) is 4.85. The molecule has 2 amide bonds. The van der Waals surface area contributed by atoms with E-state index in [9.17, 15) is 14.4 Å². The van der Waals surface area contributed by atoms with Crippen molar-refractivity contribution in [3.8, 4) is 11.1 Å². The van der Waals surface area contributed by atoms with E-state index in [1.807, 2.05) is 24.3 Å². The lowest BCUT2D eigenvalue weighted by Gasteiger charge is -2.29. The van der Waals surface area contributed by atoms with Crippen LogP contribution in [-0.4, -0.2) is 42.3 Å². The standard InChI is InChI=1S/C26H30N2O5/c1-16(25(30)31)14-27-24(29)17-7-6-8-18(13-17)28-26(32)33-15-23-21-11-4-2-9-19(21)20-10-3-5-12-22(20)23/h2-5,9-12,16-18,23H,6-8,13-15H2,1H3,(H,27,29)(H,28,32)(H,30,31)/t16?,17-,18+/m1/s1. The maximum atomic E-state index is 12.6. The molecule has 1 fully saturated rings. The summed E-state index contributed by atoms with van der Waals surface area (Å²) in [5, 5.41) is 14.6. The van der Waals surface area contributed by atoms with E-state index in [1.165, 1.54) is 11.1 Å². The van der Waals surface area contributed by atoms with Gasteiger partial charge in [-0.2, -0.15) is 0 Å². The number of hydrogen-bond acceptors (Lipinski definition) is 4. The van der Waals surface area contributed by atoms with Crippen molar-refractivity contribution in [2.24, 2.45) is 11.8 Å². The summed E-state index contributed by atoms with van der Waals surface area (Å²) in [5.74, 6) is -1.95. The highest BCUT2D eigenvalue weighted by molar-refractivity contribution is 5.80. The van der Waals surface area contributed by atoms with Gasteiger partial charge < -0.3 is 20.5 Å². The van der Waals surface area contributed by atoms with Crippen LogP contribution in [0.1, 0.15) is 49.7 Å². The lowest BCUT2D eigenvalue weighted by molar-refractivity contribution is -0.141. The highest BCUT2D eigenvalue weighted by Crippen LogP contribution is 2.44. The monoisotopic (exact) mass is 450 g/mol. The molecule has 0 saturated heterocycles. The van der Waals surface area contributed by atoms with Crippen LogP contribution in [-0.2, 0) is 14.3 Å². The van der Waals surface area contributed by atoms with Crippen molar-refractivity contribution in [2.45, 2.75) is 44.6 Å². The van der Waals surface area contributed by atoms with Crippen LogP contribution in [0.5, 0.6) is 0 Å². The third-order valence-corrected chi connectivity index (χ3v) is 6.71. The molecule has 0 bridgehead atoms. The number of aliphatic carboxylic acids is 1. The van der Waals surface area contributed by atoms with Crippen molar-refractivity contribution in [3.63, 3.8) is 0 Å². The van der Waals surface area contributed by atoms with E-state index in [4.69, 9.17) is 9.84 Å². The minimum absolute atomic E-state index is 0.00394. The van der Waals surface area contributed by atoms with E-state index in [1.54, 1.807) is 6.92 Å². The van der Waals surface area contributed by atoms with Crippen molar-refractivity contribution >= 4 is 18.0 Å². The molecule has 33 heavy (non-hydrogen) atoms. The Bertz CT molecular complexity index is 991. The van der Waals surface area contributed by atoms with Gasteiger partial charge in [0.25, 0.3) is 0 Å². The third kappa shape index (κ3) is 5.18. The van der Waals surface area contributed by atoms with Gasteiger partial charge in [-0.25, -0.2) is 4.79 Å². The highest BCUT2D eigenvalue weighted by Gasteiger charge is 2.31. The van der Waals surface area contributed by atoms with E-state index >= 15 is 0 Å². The molecule has 2 aromatic rings. The Morgan fingerprint density at radius 2 is 1.67 bits per heavy atom. The minimum atomic E-state index is -0.936. The number of ether oxygens (including phenoxy) is 1. The van der Waals surface area contributed by atoms with Crippen molar-refractivity contribution < 1.29 is 24.2 Å². The zero-order chi connectivity index (χ0) is 23.4. The van der Waals surface area contributed by atoms with Crippen LogP contribution < -0.4 is 10.6 Å². The Kier molecular flexibility index (Phi) is 6.96. The molecule has 0 aromatic heterocycles. The molecule has 1 saturated carbocycles. The predicted octanol–water partition coefficient (Wildman–Crippen LogP) is 3.92. The summed E-state index contributed by atoms with van der Waals surface area (Å²) in [4.78, 5) is 35.9. The number of hydrogen-bond donors (Lipinski definition) is 3. The fourth-order valence-electron chi connectivity index (χ4n) is 4.85. The van der Waals surface area contributed by atoms with Gasteiger partial charge in [-0.15, -0.1) is 0 Å². The first-order valence-corrected chi connectivity index (χ1v) is 11.6. The Morgan fingerprint density at radius 3 is 2.30 bits per heavy atom. The summed E-state index contributed by atoms with van der Waals surface area (Å²) >= 11 is 0. The van der Waals surface area contributed by atoms with Crippen LogP contribution in [0.15, 0.2) is 48.5 Å². The molecule has 2 aliphatic rings. The maximum absolute atomic E-state index is 12.6. The van der Waals surface area contributed by atoms with Crippen molar-refractivity contribution in [1.29, 1.82) is 0 Å². The third-order valence-electron chi connectivity index (χ3n) is 6.71. The maximum Gasteiger partial charge on any atom is 0.407 e. The second-order valence-corrected chi connectivity index (χ2v) is 9.01. The summed E-state index contributed by atoms with van der Waals surface area (Å²) in [7, 11) is 0. The largest absolute Gasteiger partial charge is 0.481 e. The lowest BCUT2D eigenvalue weighted by Crippen LogP contribution is -2.43. The van der Waals surface area contributed by atoms with E-state index in [2.05, 4.69) is 34.9 Å². The molecule has 0 spiro atoms.